The van der Waals surface area contributed by atoms with Gasteiger partial charge in [0.15, 0.2) is 0 Å². The maximum Gasteiger partial charge on any atom is 0.338 e. The van der Waals surface area contributed by atoms with E-state index in [1.54, 1.807) is 31.2 Å². The zero-order valence-corrected chi connectivity index (χ0v) is 15.9. The molecule has 134 valence electrons. The van der Waals surface area contributed by atoms with Crippen LogP contribution in [-0.4, -0.2) is 28.5 Å². The molecule has 0 bridgehead atoms. The predicted molar refractivity (Wildman–Crippen MR) is 102 cm³/mol. The van der Waals surface area contributed by atoms with Crippen LogP contribution in [0.15, 0.2) is 24.3 Å². The number of nitrogens with zero attached hydrogens (tertiary/aromatic N) is 2. The maximum absolute atomic E-state index is 12.7. The number of rotatable bonds is 4. The molecule has 7 heteroatoms. The summed E-state index contributed by atoms with van der Waals surface area (Å²) in [5.74, 6) is 0.0388. The van der Waals surface area contributed by atoms with Crippen LogP contribution < -0.4 is 5.32 Å². The van der Waals surface area contributed by atoms with E-state index in [0.717, 1.165) is 21.5 Å². The second kappa shape index (κ2) is 7.21. The van der Waals surface area contributed by atoms with Gasteiger partial charge in [0.05, 0.1) is 17.0 Å². The van der Waals surface area contributed by atoms with Crippen molar-refractivity contribution in [3.8, 4) is 0 Å². The van der Waals surface area contributed by atoms with E-state index in [9.17, 15) is 9.59 Å². The second-order valence-corrected chi connectivity index (χ2v) is 6.85. The number of anilines is 1. The fraction of sp³-hybridized carbons (Fsp3) is 0.263. The van der Waals surface area contributed by atoms with E-state index in [2.05, 4.69) is 15.3 Å². The van der Waals surface area contributed by atoms with Crippen LogP contribution in [0.2, 0.25) is 0 Å². The minimum absolute atomic E-state index is 0.233. The fourth-order valence-electron chi connectivity index (χ4n) is 2.82. The number of hydrogen-bond donors (Lipinski definition) is 1. The highest BCUT2D eigenvalue weighted by Crippen LogP contribution is 2.31. The summed E-state index contributed by atoms with van der Waals surface area (Å²) in [6.07, 6.45) is 0. The maximum atomic E-state index is 12.7. The molecule has 1 N–H and O–H groups in total. The molecule has 3 aromatic rings. The topological polar surface area (TPSA) is 81.2 Å². The molecule has 0 saturated heterocycles. The van der Waals surface area contributed by atoms with Gasteiger partial charge in [-0.25, -0.2) is 14.8 Å². The number of carbonyl (C=O) groups excluding carboxylic acids is 2. The monoisotopic (exact) mass is 369 g/mol. The van der Waals surface area contributed by atoms with Crippen molar-refractivity contribution >= 4 is 39.1 Å². The number of nitrogens with one attached hydrogen (secondary N) is 1. The van der Waals surface area contributed by atoms with Gasteiger partial charge in [0.25, 0.3) is 5.91 Å². The Morgan fingerprint density at radius 2 is 1.96 bits per heavy atom. The number of thiophene rings is 1. The summed E-state index contributed by atoms with van der Waals surface area (Å²) in [5, 5.41) is 3.77. The number of ether oxygens (including phenoxy) is 1. The van der Waals surface area contributed by atoms with Crippen LogP contribution in [-0.2, 0) is 4.74 Å². The molecule has 0 aliphatic heterocycles. The summed E-state index contributed by atoms with van der Waals surface area (Å²) in [4.78, 5) is 34.8. The van der Waals surface area contributed by atoms with E-state index < -0.39 is 5.97 Å². The summed E-state index contributed by atoms with van der Waals surface area (Å²) in [5.41, 5.74) is 2.66. The number of fused-ring (bicyclic) bond motifs is 1. The number of benzene rings is 1. The summed E-state index contributed by atoms with van der Waals surface area (Å²) in [6.45, 7) is 7.70. The van der Waals surface area contributed by atoms with Crippen molar-refractivity contribution in [1.82, 2.24) is 9.97 Å². The zero-order chi connectivity index (χ0) is 18.8. The molecule has 2 aromatic heterocycles. The van der Waals surface area contributed by atoms with E-state index in [1.807, 2.05) is 20.8 Å². The quantitative estimate of drug-likeness (QED) is 0.702. The Labute approximate surface area is 155 Å². The number of aromatic nitrogens is 2. The van der Waals surface area contributed by atoms with Gasteiger partial charge in [-0.2, -0.15) is 0 Å². The SMILES string of the molecule is CCOC(=O)c1cccc(NC(=O)c2sc3nc(C)nc(C)c3c2C)c1. The molecule has 0 radical (unpaired) electrons. The molecule has 0 fully saturated rings. The predicted octanol–water partition coefficient (Wildman–Crippen LogP) is 4.05. The summed E-state index contributed by atoms with van der Waals surface area (Å²) in [6, 6.07) is 6.70. The van der Waals surface area contributed by atoms with Gasteiger partial charge >= 0.3 is 5.97 Å². The third-order valence-electron chi connectivity index (χ3n) is 3.92. The van der Waals surface area contributed by atoms with Crippen LogP contribution in [0.3, 0.4) is 0 Å². The Morgan fingerprint density at radius 3 is 2.69 bits per heavy atom. The zero-order valence-electron chi connectivity index (χ0n) is 15.0. The first-order valence-electron chi connectivity index (χ1n) is 8.23. The van der Waals surface area contributed by atoms with Gasteiger partial charge in [-0.1, -0.05) is 6.07 Å². The van der Waals surface area contributed by atoms with Gasteiger partial charge in [0.2, 0.25) is 0 Å². The summed E-state index contributed by atoms with van der Waals surface area (Å²) >= 11 is 1.34. The molecule has 6 nitrogen and oxygen atoms in total. The highest BCUT2D eigenvalue weighted by Gasteiger charge is 2.19. The largest absolute Gasteiger partial charge is 0.462 e. The second-order valence-electron chi connectivity index (χ2n) is 5.85. The third kappa shape index (κ3) is 3.43. The van der Waals surface area contributed by atoms with Crippen molar-refractivity contribution in [3.05, 3.63) is 51.8 Å². The van der Waals surface area contributed by atoms with Crippen molar-refractivity contribution < 1.29 is 14.3 Å². The Balaban J connectivity index is 1.90. The van der Waals surface area contributed by atoms with Gasteiger partial charge in [-0.3, -0.25) is 4.79 Å². The minimum atomic E-state index is -0.414. The van der Waals surface area contributed by atoms with E-state index in [1.165, 1.54) is 11.3 Å². The van der Waals surface area contributed by atoms with Gasteiger partial charge in [0.1, 0.15) is 10.7 Å². The standard InChI is InChI=1S/C19H19N3O3S/c1-5-25-19(24)13-7-6-8-14(9-13)22-17(23)16-10(2)15-11(3)20-12(4)21-18(15)26-16/h6-9H,5H2,1-4H3,(H,22,23). The van der Waals surface area contributed by atoms with Gasteiger partial charge in [-0.05, 0) is 51.5 Å². The molecule has 2 heterocycles. The van der Waals surface area contributed by atoms with Gasteiger partial charge < -0.3 is 10.1 Å². The average molecular weight is 369 g/mol. The number of carbonyl (C=O) groups is 2. The molecule has 0 spiro atoms. The first kappa shape index (κ1) is 18.0. The summed E-state index contributed by atoms with van der Waals surface area (Å²) in [7, 11) is 0. The van der Waals surface area contributed by atoms with Crippen LogP contribution >= 0.6 is 11.3 Å². The van der Waals surface area contributed by atoms with E-state index in [4.69, 9.17) is 4.74 Å². The highest BCUT2D eigenvalue weighted by atomic mass is 32.1. The molecular weight excluding hydrogens is 350 g/mol. The first-order chi connectivity index (χ1) is 12.4. The van der Waals surface area contributed by atoms with Gasteiger partial charge in [-0.15, -0.1) is 11.3 Å². The molecule has 26 heavy (non-hydrogen) atoms. The fourth-order valence-corrected chi connectivity index (χ4v) is 3.99. The normalized spacial score (nSPS) is 10.8. The third-order valence-corrected chi connectivity index (χ3v) is 5.11. The molecule has 1 amide bonds. The lowest BCUT2D eigenvalue weighted by Crippen LogP contribution is -2.12. The van der Waals surface area contributed by atoms with Crippen LogP contribution in [0.25, 0.3) is 10.2 Å². The molecule has 1 aromatic carbocycles. The average Bonchev–Trinajstić information content (AvgIpc) is 2.92. The molecule has 0 saturated carbocycles. The lowest BCUT2D eigenvalue weighted by atomic mass is 10.1. The van der Waals surface area contributed by atoms with Crippen LogP contribution in [0.1, 0.15) is 44.0 Å². The molecular formula is C19H19N3O3S. The Hall–Kier alpha value is -2.80. The van der Waals surface area contributed by atoms with Gasteiger partial charge in [0, 0.05) is 16.8 Å². The Morgan fingerprint density at radius 1 is 1.19 bits per heavy atom. The number of hydrogen-bond acceptors (Lipinski definition) is 6. The van der Waals surface area contributed by atoms with Crippen molar-refractivity contribution in [2.45, 2.75) is 27.7 Å². The van der Waals surface area contributed by atoms with Crippen LogP contribution in [0, 0.1) is 20.8 Å². The molecule has 0 unspecified atom stereocenters. The molecule has 3 rings (SSSR count). The number of amides is 1. The van der Waals surface area contributed by atoms with E-state index in [0.29, 0.717) is 28.6 Å². The van der Waals surface area contributed by atoms with Crippen LogP contribution in [0.4, 0.5) is 5.69 Å². The van der Waals surface area contributed by atoms with Crippen LogP contribution in [0.5, 0.6) is 0 Å². The first-order valence-corrected chi connectivity index (χ1v) is 9.05. The number of esters is 1. The molecule has 0 aliphatic carbocycles. The van der Waals surface area contributed by atoms with E-state index in [-0.39, 0.29) is 5.91 Å². The smallest absolute Gasteiger partial charge is 0.338 e. The van der Waals surface area contributed by atoms with Crippen molar-refractivity contribution in [1.29, 1.82) is 0 Å². The van der Waals surface area contributed by atoms with E-state index >= 15 is 0 Å². The molecule has 0 aliphatic rings. The Kier molecular flexibility index (Phi) is 4.99. The Bertz CT molecular complexity index is 1010. The lowest BCUT2D eigenvalue weighted by molar-refractivity contribution is 0.0526. The number of aryl methyl sites for hydroxylation is 3. The lowest BCUT2D eigenvalue weighted by Gasteiger charge is -2.07. The van der Waals surface area contributed by atoms with Crippen molar-refractivity contribution in [2.24, 2.45) is 0 Å². The van der Waals surface area contributed by atoms with Crippen molar-refractivity contribution in [2.75, 3.05) is 11.9 Å². The summed E-state index contributed by atoms with van der Waals surface area (Å²) < 4.78 is 4.99. The van der Waals surface area contributed by atoms with Crippen molar-refractivity contribution in [3.63, 3.8) is 0 Å². The molecule has 0 atom stereocenters. The minimum Gasteiger partial charge on any atom is -0.462 e. The highest BCUT2D eigenvalue weighted by molar-refractivity contribution is 7.20.